The first-order chi connectivity index (χ1) is 14.4. The molecule has 0 aliphatic carbocycles. The second-order valence-corrected chi connectivity index (χ2v) is 6.56. The van der Waals surface area contributed by atoms with E-state index >= 15 is 0 Å². The first-order valence-electron chi connectivity index (χ1n) is 8.73. The molecule has 1 heterocycles. The molecule has 10 nitrogen and oxygen atoms in total. The number of amides is 2. The number of likely N-dealkylation sites (N-methyl/N-ethyl adjacent to an activating group) is 1. The maximum Gasteiger partial charge on any atom is 0.338 e. The summed E-state index contributed by atoms with van der Waals surface area (Å²) in [6.07, 6.45) is 1.42. The van der Waals surface area contributed by atoms with Gasteiger partial charge in [0, 0.05) is 7.05 Å². The van der Waals surface area contributed by atoms with Crippen molar-refractivity contribution in [1.29, 1.82) is 0 Å². The van der Waals surface area contributed by atoms with Crippen molar-refractivity contribution in [2.75, 3.05) is 25.5 Å². The Bertz CT molecular complexity index is 1040. The molecular formula is C19H17ClN6O4. The van der Waals surface area contributed by atoms with Crippen molar-refractivity contribution in [2.45, 2.75) is 0 Å². The van der Waals surface area contributed by atoms with Gasteiger partial charge in [-0.15, -0.1) is 5.10 Å². The number of para-hydroxylation sites is 1. The van der Waals surface area contributed by atoms with Crippen LogP contribution in [0.5, 0.6) is 0 Å². The molecule has 0 saturated heterocycles. The van der Waals surface area contributed by atoms with Crippen LogP contribution >= 0.6 is 11.6 Å². The molecule has 0 saturated carbocycles. The van der Waals surface area contributed by atoms with Gasteiger partial charge in [0.05, 0.1) is 28.5 Å². The summed E-state index contributed by atoms with van der Waals surface area (Å²) in [6.45, 7) is -0.717. The summed E-state index contributed by atoms with van der Waals surface area (Å²) in [6, 6.07) is 13.1. The normalized spacial score (nSPS) is 10.3. The first-order valence-corrected chi connectivity index (χ1v) is 9.10. The van der Waals surface area contributed by atoms with Crippen LogP contribution in [0.3, 0.4) is 0 Å². The fourth-order valence-corrected chi connectivity index (χ4v) is 2.59. The summed E-state index contributed by atoms with van der Waals surface area (Å²) in [4.78, 5) is 37.5. The van der Waals surface area contributed by atoms with Gasteiger partial charge in [-0.1, -0.05) is 23.7 Å². The zero-order chi connectivity index (χ0) is 21.5. The zero-order valence-electron chi connectivity index (χ0n) is 15.9. The molecule has 0 bridgehead atoms. The lowest BCUT2D eigenvalue weighted by molar-refractivity contribution is -0.136. The van der Waals surface area contributed by atoms with Crippen LogP contribution in [0.4, 0.5) is 5.69 Å². The quantitative estimate of drug-likeness (QED) is 0.567. The van der Waals surface area contributed by atoms with Gasteiger partial charge in [0.2, 0.25) is 5.91 Å². The molecule has 1 aromatic heterocycles. The highest BCUT2D eigenvalue weighted by Crippen LogP contribution is 2.20. The number of hydrogen-bond acceptors (Lipinski definition) is 7. The van der Waals surface area contributed by atoms with E-state index in [0.29, 0.717) is 16.4 Å². The lowest BCUT2D eigenvalue weighted by Crippen LogP contribution is -2.37. The predicted octanol–water partition coefficient (Wildman–Crippen LogP) is 1.57. The predicted molar refractivity (Wildman–Crippen MR) is 107 cm³/mol. The molecule has 1 N–H and O–H groups in total. The van der Waals surface area contributed by atoms with E-state index in [0.717, 1.165) is 4.90 Å². The maximum atomic E-state index is 12.2. The van der Waals surface area contributed by atoms with Crippen molar-refractivity contribution in [3.8, 4) is 5.69 Å². The number of benzene rings is 2. The SMILES string of the molecule is CN(CC(=O)Nc1ccccc1Cl)C(=O)COC(=O)c1ccc(-n2cnnn2)cc1. The van der Waals surface area contributed by atoms with Crippen molar-refractivity contribution >= 4 is 35.1 Å². The van der Waals surface area contributed by atoms with E-state index in [1.54, 1.807) is 36.4 Å². The Labute approximate surface area is 176 Å². The van der Waals surface area contributed by atoms with Crippen LogP contribution in [0.1, 0.15) is 10.4 Å². The summed E-state index contributed by atoms with van der Waals surface area (Å²) in [5.74, 6) is -1.62. The van der Waals surface area contributed by atoms with Gasteiger partial charge in [-0.25, -0.2) is 9.48 Å². The molecule has 2 amide bonds. The molecule has 0 unspecified atom stereocenters. The summed E-state index contributed by atoms with van der Waals surface area (Å²) >= 11 is 5.99. The Balaban J connectivity index is 1.47. The van der Waals surface area contributed by atoms with E-state index in [4.69, 9.17) is 16.3 Å². The van der Waals surface area contributed by atoms with Crippen LogP contribution in [0.15, 0.2) is 54.9 Å². The number of halogens is 1. The van der Waals surface area contributed by atoms with Crippen LogP contribution in [0.25, 0.3) is 5.69 Å². The minimum absolute atomic E-state index is 0.220. The standard InChI is InChI=1S/C19H17ClN6O4/c1-25(10-17(27)22-16-5-3-2-4-15(16)20)18(28)11-30-19(29)13-6-8-14(9-7-13)26-12-21-23-24-26/h2-9,12H,10-11H2,1H3,(H,22,27). The highest BCUT2D eigenvalue weighted by molar-refractivity contribution is 6.33. The highest BCUT2D eigenvalue weighted by Gasteiger charge is 2.16. The summed E-state index contributed by atoms with van der Waals surface area (Å²) < 4.78 is 6.46. The van der Waals surface area contributed by atoms with E-state index in [1.807, 2.05) is 0 Å². The number of anilines is 1. The molecule has 0 radical (unpaired) electrons. The number of ether oxygens (including phenoxy) is 1. The molecule has 30 heavy (non-hydrogen) atoms. The Morgan fingerprint density at radius 2 is 1.87 bits per heavy atom. The zero-order valence-corrected chi connectivity index (χ0v) is 16.6. The van der Waals surface area contributed by atoms with Crippen molar-refractivity contribution in [3.05, 3.63) is 65.4 Å². The number of hydrogen-bond donors (Lipinski definition) is 1. The van der Waals surface area contributed by atoms with E-state index < -0.39 is 24.4 Å². The molecule has 2 aromatic carbocycles. The van der Waals surface area contributed by atoms with Gasteiger partial charge in [-0.05, 0) is 46.8 Å². The molecule has 0 fully saturated rings. The fraction of sp³-hybridized carbons (Fsp3) is 0.158. The minimum atomic E-state index is -0.666. The Kier molecular flexibility index (Phi) is 6.71. The van der Waals surface area contributed by atoms with Gasteiger partial charge in [0.15, 0.2) is 6.61 Å². The van der Waals surface area contributed by atoms with Gasteiger partial charge in [-0.2, -0.15) is 0 Å². The number of esters is 1. The lowest BCUT2D eigenvalue weighted by atomic mass is 10.2. The van der Waals surface area contributed by atoms with E-state index in [2.05, 4.69) is 20.8 Å². The number of tetrazole rings is 1. The van der Waals surface area contributed by atoms with Gasteiger partial charge < -0.3 is 15.0 Å². The maximum absolute atomic E-state index is 12.2. The van der Waals surface area contributed by atoms with E-state index in [1.165, 1.54) is 30.2 Å². The summed E-state index contributed by atoms with van der Waals surface area (Å²) in [5.41, 5.74) is 1.37. The Hall–Kier alpha value is -3.79. The number of aromatic nitrogens is 4. The topological polar surface area (TPSA) is 119 Å². The smallest absolute Gasteiger partial charge is 0.338 e. The third kappa shape index (κ3) is 5.39. The van der Waals surface area contributed by atoms with Crippen molar-refractivity contribution in [2.24, 2.45) is 0 Å². The largest absolute Gasteiger partial charge is 0.452 e. The highest BCUT2D eigenvalue weighted by atomic mass is 35.5. The van der Waals surface area contributed by atoms with Gasteiger partial charge >= 0.3 is 5.97 Å². The van der Waals surface area contributed by atoms with Crippen molar-refractivity contribution in [1.82, 2.24) is 25.1 Å². The number of rotatable bonds is 7. The monoisotopic (exact) mass is 428 g/mol. The van der Waals surface area contributed by atoms with Gasteiger partial charge in [0.1, 0.15) is 6.33 Å². The van der Waals surface area contributed by atoms with Crippen LogP contribution in [0.2, 0.25) is 5.02 Å². The Morgan fingerprint density at radius 1 is 1.13 bits per heavy atom. The number of carbonyl (C=O) groups is 3. The summed E-state index contributed by atoms with van der Waals surface area (Å²) in [7, 11) is 1.43. The molecule has 154 valence electrons. The molecule has 0 aliphatic rings. The molecule has 0 atom stereocenters. The van der Waals surface area contributed by atoms with Gasteiger partial charge in [-0.3, -0.25) is 9.59 Å². The lowest BCUT2D eigenvalue weighted by Gasteiger charge is -2.17. The average molecular weight is 429 g/mol. The van der Waals surface area contributed by atoms with Gasteiger partial charge in [0.25, 0.3) is 5.91 Å². The molecule has 3 aromatic rings. The number of carbonyl (C=O) groups excluding carboxylic acids is 3. The van der Waals surface area contributed by atoms with Crippen molar-refractivity contribution in [3.63, 3.8) is 0 Å². The van der Waals surface area contributed by atoms with Crippen LogP contribution < -0.4 is 5.32 Å². The number of nitrogens with zero attached hydrogens (tertiary/aromatic N) is 5. The second-order valence-electron chi connectivity index (χ2n) is 6.16. The molecular weight excluding hydrogens is 412 g/mol. The Morgan fingerprint density at radius 3 is 2.53 bits per heavy atom. The number of nitrogens with one attached hydrogen (secondary N) is 1. The molecule has 3 rings (SSSR count). The molecule has 0 spiro atoms. The summed E-state index contributed by atoms with van der Waals surface area (Å²) in [5, 5.41) is 13.8. The average Bonchev–Trinajstić information content (AvgIpc) is 3.28. The van der Waals surface area contributed by atoms with E-state index in [9.17, 15) is 14.4 Å². The van der Waals surface area contributed by atoms with Crippen molar-refractivity contribution < 1.29 is 19.1 Å². The molecule has 0 aliphatic heterocycles. The van der Waals surface area contributed by atoms with Crippen LogP contribution in [-0.2, 0) is 14.3 Å². The minimum Gasteiger partial charge on any atom is -0.452 e. The van der Waals surface area contributed by atoms with Crippen LogP contribution in [0, 0.1) is 0 Å². The molecule has 11 heteroatoms. The third-order valence-electron chi connectivity index (χ3n) is 4.00. The third-order valence-corrected chi connectivity index (χ3v) is 4.33. The second kappa shape index (κ2) is 9.61. The van der Waals surface area contributed by atoms with E-state index in [-0.39, 0.29) is 12.1 Å². The fourth-order valence-electron chi connectivity index (χ4n) is 2.41. The van der Waals surface area contributed by atoms with Crippen LogP contribution in [-0.4, -0.2) is 63.1 Å². The first kappa shape index (κ1) is 20.9.